The van der Waals surface area contributed by atoms with Crippen LogP contribution in [0.2, 0.25) is 0 Å². The molecule has 3 aromatic carbocycles. The van der Waals surface area contributed by atoms with Gasteiger partial charge in [0.15, 0.2) is 6.10 Å². The van der Waals surface area contributed by atoms with Crippen LogP contribution in [-0.2, 0) is 48.3 Å². The summed E-state index contributed by atoms with van der Waals surface area (Å²) in [5.74, 6) is -5.93. The van der Waals surface area contributed by atoms with Gasteiger partial charge in [0.1, 0.15) is 24.4 Å². The van der Waals surface area contributed by atoms with Crippen molar-refractivity contribution in [1.29, 1.82) is 0 Å². The summed E-state index contributed by atoms with van der Waals surface area (Å²) in [6, 6.07) is 27.7. The van der Waals surface area contributed by atoms with E-state index >= 15 is 8.78 Å². The lowest BCUT2D eigenvalue weighted by Gasteiger charge is -2.45. The fourth-order valence-corrected chi connectivity index (χ4v) is 4.50. The van der Waals surface area contributed by atoms with Crippen molar-refractivity contribution in [3.8, 4) is 0 Å². The molecule has 9 heteroatoms. The SMILES string of the molecule is CCOC(=O)C(F)(F)[C@H]1O[C@H](COCc2ccccc2)[C@@H](OCc2ccccc2)[C@H](OCc2ccccc2)[C@H]1O. The zero-order chi connectivity index (χ0) is 28.4. The molecule has 214 valence electrons. The Morgan fingerprint density at radius 3 is 1.77 bits per heavy atom. The van der Waals surface area contributed by atoms with Gasteiger partial charge in [-0.05, 0) is 23.6 Å². The largest absolute Gasteiger partial charge is 0.461 e. The lowest BCUT2D eigenvalue weighted by atomic mass is 9.91. The third-order valence-corrected chi connectivity index (χ3v) is 6.53. The Morgan fingerprint density at radius 2 is 1.27 bits per heavy atom. The molecule has 0 aliphatic carbocycles. The normalized spacial score (nSPS) is 23.1. The highest BCUT2D eigenvalue weighted by atomic mass is 19.3. The number of benzene rings is 3. The quantitative estimate of drug-likeness (QED) is 0.306. The summed E-state index contributed by atoms with van der Waals surface area (Å²) < 4.78 is 59.0. The first-order valence-electron chi connectivity index (χ1n) is 13.2. The van der Waals surface area contributed by atoms with Crippen LogP contribution in [0, 0.1) is 0 Å². The fourth-order valence-electron chi connectivity index (χ4n) is 4.50. The van der Waals surface area contributed by atoms with Gasteiger partial charge in [0.25, 0.3) is 0 Å². The number of alkyl halides is 2. The Labute approximate surface area is 232 Å². The number of carbonyl (C=O) groups excluding carboxylic acids is 1. The van der Waals surface area contributed by atoms with Gasteiger partial charge in [0.2, 0.25) is 0 Å². The van der Waals surface area contributed by atoms with Crippen LogP contribution >= 0.6 is 0 Å². The first-order valence-corrected chi connectivity index (χ1v) is 13.2. The van der Waals surface area contributed by atoms with E-state index in [1.54, 1.807) is 0 Å². The Kier molecular flexibility index (Phi) is 10.7. The van der Waals surface area contributed by atoms with E-state index in [2.05, 4.69) is 4.74 Å². The van der Waals surface area contributed by atoms with Gasteiger partial charge < -0.3 is 28.8 Å². The van der Waals surface area contributed by atoms with Crippen LogP contribution in [0.15, 0.2) is 91.0 Å². The van der Waals surface area contributed by atoms with Gasteiger partial charge in [0, 0.05) is 0 Å². The van der Waals surface area contributed by atoms with Crippen LogP contribution in [0.5, 0.6) is 0 Å². The van der Waals surface area contributed by atoms with Crippen molar-refractivity contribution in [3.05, 3.63) is 108 Å². The number of hydrogen-bond donors (Lipinski definition) is 1. The summed E-state index contributed by atoms with van der Waals surface area (Å²) in [5.41, 5.74) is 2.49. The zero-order valence-electron chi connectivity index (χ0n) is 22.2. The first-order chi connectivity index (χ1) is 19.4. The van der Waals surface area contributed by atoms with Crippen molar-refractivity contribution in [2.24, 2.45) is 0 Å². The highest BCUT2D eigenvalue weighted by molar-refractivity contribution is 5.78. The van der Waals surface area contributed by atoms with Crippen molar-refractivity contribution in [2.45, 2.75) is 63.2 Å². The fraction of sp³-hybridized carbons (Fsp3) is 0.387. The molecule has 0 spiro atoms. The molecule has 1 N–H and O–H groups in total. The van der Waals surface area contributed by atoms with Crippen molar-refractivity contribution < 1.29 is 42.4 Å². The summed E-state index contributed by atoms with van der Waals surface area (Å²) in [7, 11) is 0. The third-order valence-electron chi connectivity index (χ3n) is 6.53. The van der Waals surface area contributed by atoms with Crippen LogP contribution in [0.25, 0.3) is 0 Å². The van der Waals surface area contributed by atoms with E-state index in [1.165, 1.54) is 6.92 Å². The van der Waals surface area contributed by atoms with Gasteiger partial charge in [-0.25, -0.2) is 4.79 Å². The van der Waals surface area contributed by atoms with Crippen molar-refractivity contribution in [2.75, 3.05) is 13.2 Å². The van der Waals surface area contributed by atoms with E-state index in [-0.39, 0.29) is 33.0 Å². The lowest BCUT2D eigenvalue weighted by Crippen LogP contribution is -2.66. The number of carbonyl (C=O) groups is 1. The number of halogens is 2. The topological polar surface area (TPSA) is 83.5 Å². The zero-order valence-corrected chi connectivity index (χ0v) is 22.2. The highest BCUT2D eigenvalue weighted by Gasteiger charge is 2.60. The lowest BCUT2D eigenvalue weighted by molar-refractivity contribution is -0.298. The van der Waals surface area contributed by atoms with Crippen LogP contribution < -0.4 is 0 Å². The molecule has 1 saturated heterocycles. The van der Waals surface area contributed by atoms with Gasteiger partial charge in [-0.1, -0.05) is 91.0 Å². The number of esters is 1. The molecule has 0 radical (unpaired) electrons. The molecular formula is C31H34F2O7. The molecular weight excluding hydrogens is 522 g/mol. The second kappa shape index (κ2) is 14.4. The molecule has 7 nitrogen and oxygen atoms in total. The Balaban J connectivity index is 1.60. The number of aliphatic hydroxyl groups excluding tert-OH is 1. The highest BCUT2D eigenvalue weighted by Crippen LogP contribution is 2.36. The van der Waals surface area contributed by atoms with E-state index in [0.717, 1.165) is 16.7 Å². The molecule has 4 rings (SSSR count). The van der Waals surface area contributed by atoms with Crippen molar-refractivity contribution >= 4 is 5.97 Å². The van der Waals surface area contributed by atoms with Crippen LogP contribution in [0.1, 0.15) is 23.6 Å². The van der Waals surface area contributed by atoms with E-state index in [1.807, 2.05) is 91.0 Å². The number of rotatable bonds is 13. The molecule has 3 aromatic rings. The number of hydrogen-bond acceptors (Lipinski definition) is 7. The monoisotopic (exact) mass is 556 g/mol. The molecule has 40 heavy (non-hydrogen) atoms. The molecule has 0 bridgehead atoms. The average molecular weight is 557 g/mol. The smallest absolute Gasteiger partial charge is 0.379 e. The molecule has 0 amide bonds. The third kappa shape index (κ3) is 7.71. The predicted molar refractivity (Wildman–Crippen MR) is 142 cm³/mol. The molecule has 1 heterocycles. The number of ether oxygens (including phenoxy) is 5. The minimum atomic E-state index is -4.15. The predicted octanol–water partition coefficient (Wildman–Crippen LogP) is 4.70. The summed E-state index contributed by atoms with van der Waals surface area (Å²) in [5, 5.41) is 11.2. The summed E-state index contributed by atoms with van der Waals surface area (Å²) in [4.78, 5) is 12.2. The minimum absolute atomic E-state index is 0.0169. The van der Waals surface area contributed by atoms with E-state index in [4.69, 9.17) is 18.9 Å². The second-order valence-electron chi connectivity index (χ2n) is 9.45. The van der Waals surface area contributed by atoms with Crippen LogP contribution in [0.3, 0.4) is 0 Å². The maximum absolute atomic E-state index is 15.3. The van der Waals surface area contributed by atoms with Crippen molar-refractivity contribution in [3.63, 3.8) is 0 Å². The van der Waals surface area contributed by atoms with Crippen LogP contribution in [0.4, 0.5) is 8.78 Å². The molecule has 0 saturated carbocycles. The Hall–Kier alpha value is -3.21. The molecule has 1 aliphatic heterocycles. The maximum Gasteiger partial charge on any atom is 0.379 e. The molecule has 1 aliphatic rings. The van der Waals surface area contributed by atoms with Gasteiger partial charge >= 0.3 is 11.9 Å². The van der Waals surface area contributed by atoms with E-state index in [0.29, 0.717) is 0 Å². The van der Waals surface area contributed by atoms with Gasteiger partial charge in [-0.3, -0.25) is 0 Å². The molecule has 5 atom stereocenters. The standard InChI is InChI=1S/C31H34F2O7/c1-2-37-30(35)31(32,33)29-26(34)28(39-20-24-16-10-5-11-17-24)27(38-19-23-14-8-4-9-15-23)25(40-29)21-36-18-22-12-6-3-7-13-22/h3-17,25-29,34H,2,18-21H2,1H3/t25-,26-,27-,28-,29+/m1/s1. The minimum Gasteiger partial charge on any atom is -0.461 e. The van der Waals surface area contributed by atoms with Crippen LogP contribution in [-0.4, -0.2) is 60.7 Å². The van der Waals surface area contributed by atoms with E-state index < -0.39 is 42.4 Å². The summed E-state index contributed by atoms with van der Waals surface area (Å²) in [6.07, 6.45) is -7.51. The van der Waals surface area contributed by atoms with E-state index in [9.17, 15) is 9.90 Å². The van der Waals surface area contributed by atoms with Gasteiger partial charge in [-0.15, -0.1) is 0 Å². The van der Waals surface area contributed by atoms with Gasteiger partial charge in [-0.2, -0.15) is 8.78 Å². The Bertz CT molecular complexity index is 1160. The molecule has 0 aromatic heterocycles. The Morgan fingerprint density at radius 1 is 0.800 bits per heavy atom. The molecule has 1 fully saturated rings. The summed E-state index contributed by atoms with van der Waals surface area (Å²) >= 11 is 0. The second-order valence-corrected chi connectivity index (χ2v) is 9.45. The first kappa shape index (κ1) is 29.8. The average Bonchev–Trinajstić information content (AvgIpc) is 2.98. The van der Waals surface area contributed by atoms with Crippen molar-refractivity contribution in [1.82, 2.24) is 0 Å². The molecule has 0 unspecified atom stereocenters. The number of aliphatic hydroxyl groups is 1. The summed E-state index contributed by atoms with van der Waals surface area (Å²) in [6.45, 7) is 1.35. The van der Waals surface area contributed by atoms with Gasteiger partial charge in [0.05, 0.1) is 33.0 Å². The maximum atomic E-state index is 15.3.